The molecule has 0 aliphatic heterocycles. The zero-order valence-electron chi connectivity index (χ0n) is 10.2. The molecule has 5 heteroatoms. The zero-order valence-corrected chi connectivity index (χ0v) is 11.8. The molecule has 3 aromatic rings. The Kier molecular flexibility index (Phi) is 2.78. The van der Waals surface area contributed by atoms with Crippen LogP contribution in [0.2, 0.25) is 0 Å². The summed E-state index contributed by atoms with van der Waals surface area (Å²) in [5, 5.41) is 0. The Morgan fingerprint density at radius 3 is 2.68 bits per heavy atom. The summed E-state index contributed by atoms with van der Waals surface area (Å²) in [7, 11) is 1.85. The highest BCUT2D eigenvalue weighted by atomic mass is 79.9. The van der Waals surface area contributed by atoms with Crippen LogP contribution in [0.4, 0.5) is 10.1 Å². The third-order valence-corrected chi connectivity index (χ3v) is 3.85. The van der Waals surface area contributed by atoms with Gasteiger partial charge >= 0.3 is 0 Å². The largest absolute Gasteiger partial charge is 0.397 e. The van der Waals surface area contributed by atoms with Crippen molar-refractivity contribution in [2.45, 2.75) is 0 Å². The van der Waals surface area contributed by atoms with Gasteiger partial charge in [-0.15, -0.1) is 0 Å². The van der Waals surface area contributed by atoms with Crippen molar-refractivity contribution < 1.29 is 4.39 Å². The molecule has 0 unspecified atom stereocenters. The van der Waals surface area contributed by atoms with Gasteiger partial charge in [-0.1, -0.05) is 12.1 Å². The first-order valence-electron chi connectivity index (χ1n) is 5.75. The summed E-state index contributed by atoms with van der Waals surface area (Å²) < 4.78 is 16.4. The Bertz CT molecular complexity index is 780. The van der Waals surface area contributed by atoms with Crippen LogP contribution < -0.4 is 5.73 Å². The molecule has 3 nitrogen and oxygen atoms in total. The Morgan fingerprint density at radius 1 is 1.21 bits per heavy atom. The second kappa shape index (κ2) is 4.35. The number of rotatable bonds is 1. The summed E-state index contributed by atoms with van der Waals surface area (Å²) >= 11 is 3.39. The summed E-state index contributed by atoms with van der Waals surface area (Å²) in [5.74, 6) is 0.326. The van der Waals surface area contributed by atoms with E-state index in [1.54, 1.807) is 6.07 Å². The second-order valence-electron chi connectivity index (χ2n) is 4.30. The molecule has 19 heavy (non-hydrogen) atoms. The van der Waals surface area contributed by atoms with Crippen LogP contribution in [0.3, 0.4) is 0 Å². The van der Waals surface area contributed by atoms with E-state index in [0.717, 1.165) is 15.6 Å². The standard InChI is InChI=1S/C14H11BrFN3/c1-19-11-7-3-6-10(16)13(11)18-14(19)8-4-2-5-9(15)12(8)17/h2-7H,17H2,1H3. The van der Waals surface area contributed by atoms with Crippen molar-refractivity contribution in [2.24, 2.45) is 7.05 Å². The monoisotopic (exact) mass is 319 g/mol. The number of anilines is 1. The average Bonchev–Trinajstić information content (AvgIpc) is 2.72. The highest BCUT2D eigenvalue weighted by molar-refractivity contribution is 9.10. The summed E-state index contributed by atoms with van der Waals surface area (Å²) in [6.45, 7) is 0. The minimum atomic E-state index is -0.326. The fraction of sp³-hybridized carbons (Fsp3) is 0.0714. The molecular weight excluding hydrogens is 309 g/mol. The van der Waals surface area contributed by atoms with Gasteiger partial charge in [-0.05, 0) is 40.2 Å². The maximum absolute atomic E-state index is 13.8. The van der Waals surface area contributed by atoms with Gasteiger partial charge in [0, 0.05) is 17.1 Å². The highest BCUT2D eigenvalue weighted by Gasteiger charge is 2.15. The molecule has 2 N–H and O–H groups in total. The van der Waals surface area contributed by atoms with Gasteiger partial charge in [-0.2, -0.15) is 0 Å². The molecular formula is C14H11BrFN3. The molecule has 0 atom stereocenters. The van der Waals surface area contributed by atoms with Gasteiger partial charge in [-0.3, -0.25) is 0 Å². The SMILES string of the molecule is Cn1c(-c2cccc(Br)c2N)nc2c(F)cccc21. The number of fused-ring (bicyclic) bond motifs is 1. The van der Waals surface area contributed by atoms with Crippen LogP contribution in [0.25, 0.3) is 22.4 Å². The predicted octanol–water partition coefficient (Wildman–Crippen LogP) is 3.72. The summed E-state index contributed by atoms with van der Waals surface area (Å²) in [6, 6.07) is 10.5. The van der Waals surface area contributed by atoms with Gasteiger partial charge in [0.25, 0.3) is 0 Å². The molecule has 0 bridgehead atoms. The van der Waals surface area contributed by atoms with Crippen LogP contribution in [-0.2, 0) is 7.05 Å². The molecule has 1 aromatic heterocycles. The number of nitrogen functional groups attached to an aromatic ring is 1. The summed E-state index contributed by atoms with van der Waals surface area (Å²) in [6.07, 6.45) is 0. The van der Waals surface area contributed by atoms with E-state index in [9.17, 15) is 4.39 Å². The predicted molar refractivity (Wildman–Crippen MR) is 78.2 cm³/mol. The van der Waals surface area contributed by atoms with E-state index in [1.165, 1.54) is 6.07 Å². The van der Waals surface area contributed by atoms with E-state index < -0.39 is 0 Å². The number of hydrogen-bond donors (Lipinski definition) is 1. The first-order valence-corrected chi connectivity index (χ1v) is 6.54. The number of benzene rings is 2. The Hall–Kier alpha value is -1.88. The van der Waals surface area contributed by atoms with Gasteiger partial charge in [0.2, 0.25) is 0 Å². The maximum Gasteiger partial charge on any atom is 0.151 e. The topological polar surface area (TPSA) is 43.8 Å². The quantitative estimate of drug-likeness (QED) is 0.695. The molecule has 96 valence electrons. The van der Waals surface area contributed by atoms with Gasteiger partial charge in [0.05, 0.1) is 11.2 Å². The van der Waals surface area contributed by atoms with E-state index in [0.29, 0.717) is 17.0 Å². The third-order valence-electron chi connectivity index (χ3n) is 3.16. The van der Waals surface area contributed by atoms with E-state index in [-0.39, 0.29) is 5.82 Å². The molecule has 0 aliphatic carbocycles. The molecule has 0 fully saturated rings. The zero-order chi connectivity index (χ0) is 13.6. The lowest BCUT2D eigenvalue weighted by Crippen LogP contribution is -1.97. The lowest BCUT2D eigenvalue weighted by atomic mass is 10.1. The van der Waals surface area contributed by atoms with Crippen molar-refractivity contribution in [3.63, 3.8) is 0 Å². The van der Waals surface area contributed by atoms with Crippen LogP contribution in [0, 0.1) is 5.82 Å². The smallest absolute Gasteiger partial charge is 0.151 e. The highest BCUT2D eigenvalue weighted by Crippen LogP contribution is 2.32. The molecule has 0 aliphatic rings. The number of hydrogen-bond acceptors (Lipinski definition) is 2. The van der Waals surface area contributed by atoms with Crippen LogP contribution in [-0.4, -0.2) is 9.55 Å². The Balaban J connectivity index is 2.35. The number of imidazole rings is 1. The second-order valence-corrected chi connectivity index (χ2v) is 5.16. The van der Waals surface area contributed by atoms with Crippen LogP contribution in [0.1, 0.15) is 0 Å². The van der Waals surface area contributed by atoms with E-state index in [4.69, 9.17) is 5.73 Å². The number of halogens is 2. The molecule has 0 saturated heterocycles. The molecule has 3 rings (SSSR count). The fourth-order valence-electron chi connectivity index (χ4n) is 2.15. The van der Waals surface area contributed by atoms with Crippen molar-refractivity contribution in [3.8, 4) is 11.4 Å². The van der Waals surface area contributed by atoms with Gasteiger partial charge in [0.15, 0.2) is 5.82 Å². The van der Waals surface area contributed by atoms with E-state index >= 15 is 0 Å². The normalized spacial score (nSPS) is 11.1. The minimum absolute atomic E-state index is 0.326. The molecule has 0 spiro atoms. The van der Waals surface area contributed by atoms with Crippen LogP contribution in [0.15, 0.2) is 40.9 Å². The minimum Gasteiger partial charge on any atom is -0.397 e. The number of nitrogens with two attached hydrogens (primary N) is 1. The van der Waals surface area contributed by atoms with Crippen molar-refractivity contribution >= 4 is 32.7 Å². The Labute approximate surface area is 118 Å². The van der Waals surface area contributed by atoms with Gasteiger partial charge in [0.1, 0.15) is 11.3 Å². The average molecular weight is 320 g/mol. The summed E-state index contributed by atoms with van der Waals surface area (Å²) in [4.78, 5) is 4.37. The number of nitrogens with zero attached hydrogens (tertiary/aromatic N) is 2. The molecule has 0 saturated carbocycles. The molecule has 0 amide bonds. The van der Waals surface area contributed by atoms with Crippen molar-refractivity contribution in [1.82, 2.24) is 9.55 Å². The van der Waals surface area contributed by atoms with Crippen molar-refractivity contribution in [1.29, 1.82) is 0 Å². The summed E-state index contributed by atoms with van der Waals surface area (Å²) in [5.41, 5.74) is 8.54. The molecule has 2 aromatic carbocycles. The van der Waals surface area contributed by atoms with Gasteiger partial charge < -0.3 is 10.3 Å². The number of para-hydroxylation sites is 2. The first-order chi connectivity index (χ1) is 9.09. The third kappa shape index (κ3) is 1.81. The van der Waals surface area contributed by atoms with Crippen molar-refractivity contribution in [3.05, 3.63) is 46.7 Å². The van der Waals surface area contributed by atoms with Crippen LogP contribution in [0.5, 0.6) is 0 Å². The van der Waals surface area contributed by atoms with E-state index in [1.807, 2.05) is 35.9 Å². The lowest BCUT2D eigenvalue weighted by Gasteiger charge is -2.07. The number of aromatic nitrogens is 2. The first kappa shape index (κ1) is 12.2. The van der Waals surface area contributed by atoms with Crippen molar-refractivity contribution in [2.75, 3.05) is 5.73 Å². The number of aryl methyl sites for hydroxylation is 1. The molecule has 1 heterocycles. The van der Waals surface area contributed by atoms with Gasteiger partial charge in [-0.25, -0.2) is 9.37 Å². The Morgan fingerprint density at radius 2 is 1.95 bits per heavy atom. The van der Waals surface area contributed by atoms with Crippen LogP contribution >= 0.6 is 15.9 Å². The van der Waals surface area contributed by atoms with E-state index in [2.05, 4.69) is 20.9 Å². The maximum atomic E-state index is 13.8. The lowest BCUT2D eigenvalue weighted by molar-refractivity contribution is 0.637. The molecule has 0 radical (unpaired) electrons. The fourth-order valence-corrected chi connectivity index (χ4v) is 2.52.